The number of cyclic esters (lactones) is 1. The molecule has 0 radical (unpaired) electrons. The van der Waals surface area contributed by atoms with Crippen molar-refractivity contribution >= 4 is 11.8 Å². The number of fused-ring (bicyclic) bond motifs is 2. The number of hydrogen-bond acceptors (Lipinski definition) is 6. The molecule has 0 saturated heterocycles. The Balaban J connectivity index is 1.51. The Morgan fingerprint density at radius 2 is 2.12 bits per heavy atom. The van der Waals surface area contributed by atoms with Crippen molar-refractivity contribution in [3.63, 3.8) is 0 Å². The number of aromatic nitrogens is 2. The number of ether oxygens (including phenoxy) is 3. The van der Waals surface area contributed by atoms with Crippen molar-refractivity contribution in [3.8, 4) is 11.5 Å². The molecule has 1 aromatic carbocycles. The Hall–Kier alpha value is -2.96. The maximum Gasteiger partial charge on any atom is 0.336 e. The highest BCUT2D eigenvalue weighted by molar-refractivity contribution is 5.96. The molecule has 3 aliphatic rings. The number of anilines is 1. The van der Waals surface area contributed by atoms with Crippen LogP contribution in [0.5, 0.6) is 11.5 Å². The topological polar surface area (TPSA) is 85.5 Å². The number of rotatable bonds is 3. The van der Waals surface area contributed by atoms with Crippen LogP contribution in [0.4, 0.5) is 5.82 Å². The van der Waals surface area contributed by atoms with Crippen molar-refractivity contribution in [2.24, 2.45) is 5.92 Å². The molecule has 7 heteroatoms. The summed E-state index contributed by atoms with van der Waals surface area (Å²) in [7, 11) is 0. The molecule has 5 rings (SSSR count). The second-order valence-electron chi connectivity index (χ2n) is 7.05. The molecule has 2 aromatic rings. The zero-order valence-electron chi connectivity index (χ0n) is 14.6. The van der Waals surface area contributed by atoms with Gasteiger partial charge in [-0.05, 0) is 37.0 Å². The molecule has 0 bridgehead atoms. The third kappa shape index (κ3) is 2.20. The molecule has 0 saturated carbocycles. The lowest BCUT2D eigenvalue weighted by molar-refractivity contribution is -0.136. The lowest BCUT2D eigenvalue weighted by Crippen LogP contribution is -2.24. The van der Waals surface area contributed by atoms with E-state index >= 15 is 0 Å². The Morgan fingerprint density at radius 1 is 1.27 bits per heavy atom. The number of carbonyl (C=O) groups is 1. The minimum atomic E-state index is -0.235. The second kappa shape index (κ2) is 5.52. The number of H-pyrrole nitrogens is 1. The van der Waals surface area contributed by atoms with E-state index in [9.17, 15) is 4.79 Å². The number of nitrogens with zero attached hydrogens (tertiary/aromatic N) is 1. The largest absolute Gasteiger partial charge is 0.456 e. The molecule has 3 aliphatic heterocycles. The fourth-order valence-electron chi connectivity index (χ4n) is 4.16. The van der Waals surface area contributed by atoms with Crippen molar-refractivity contribution in [3.05, 3.63) is 46.3 Å². The van der Waals surface area contributed by atoms with E-state index in [1.54, 1.807) is 0 Å². The molecule has 0 aliphatic carbocycles. The van der Waals surface area contributed by atoms with Gasteiger partial charge < -0.3 is 19.5 Å². The summed E-state index contributed by atoms with van der Waals surface area (Å²) in [6.45, 7) is 4.70. The van der Waals surface area contributed by atoms with Gasteiger partial charge in [0.15, 0.2) is 17.3 Å². The SMILES string of the molecule is Cc1[nH]nc2c1[C@@H]([C@H](C)Cc1ccc3c(c1)OCO3)C1=C(COC1=O)N2. The summed E-state index contributed by atoms with van der Waals surface area (Å²) in [5, 5.41) is 10.6. The maximum atomic E-state index is 12.4. The van der Waals surface area contributed by atoms with Crippen LogP contribution in [-0.2, 0) is 16.0 Å². The molecule has 1 aromatic heterocycles. The minimum Gasteiger partial charge on any atom is -0.456 e. The predicted octanol–water partition coefficient (Wildman–Crippen LogP) is 2.65. The van der Waals surface area contributed by atoms with Crippen LogP contribution >= 0.6 is 0 Å². The van der Waals surface area contributed by atoms with Crippen LogP contribution in [0.1, 0.15) is 29.7 Å². The second-order valence-corrected chi connectivity index (χ2v) is 7.05. The van der Waals surface area contributed by atoms with Gasteiger partial charge in [0.05, 0.1) is 11.3 Å². The molecule has 0 amide bonds. The lowest BCUT2D eigenvalue weighted by atomic mass is 9.76. The monoisotopic (exact) mass is 353 g/mol. The standard InChI is InChI=1S/C19H19N3O4/c1-9(5-11-3-4-13-14(6-11)26-8-25-13)15-16-10(2)21-22-18(16)20-12-7-24-19(23)17(12)15/h3-4,6,9,15H,5,7-8H2,1-2H3,(H2,20,21,22)/t9-,15-/m1/s1. The van der Waals surface area contributed by atoms with E-state index < -0.39 is 0 Å². The van der Waals surface area contributed by atoms with E-state index in [4.69, 9.17) is 14.2 Å². The molecule has 2 N–H and O–H groups in total. The molecular formula is C19H19N3O4. The van der Waals surface area contributed by atoms with Crippen LogP contribution in [0.3, 0.4) is 0 Å². The molecule has 26 heavy (non-hydrogen) atoms. The number of esters is 1. The highest BCUT2D eigenvalue weighted by Crippen LogP contribution is 2.46. The average Bonchev–Trinajstić information content (AvgIpc) is 3.33. The molecule has 7 nitrogen and oxygen atoms in total. The van der Waals surface area contributed by atoms with Crippen LogP contribution in [0.25, 0.3) is 0 Å². The smallest absolute Gasteiger partial charge is 0.336 e. The van der Waals surface area contributed by atoms with Gasteiger partial charge in [-0.15, -0.1) is 0 Å². The minimum absolute atomic E-state index is 0.0552. The number of aryl methyl sites for hydroxylation is 1. The zero-order chi connectivity index (χ0) is 17.8. The van der Waals surface area contributed by atoms with Gasteiger partial charge in [-0.25, -0.2) is 4.79 Å². The van der Waals surface area contributed by atoms with E-state index in [1.165, 1.54) is 0 Å². The molecular weight excluding hydrogens is 334 g/mol. The maximum absolute atomic E-state index is 12.4. The van der Waals surface area contributed by atoms with Gasteiger partial charge >= 0.3 is 5.97 Å². The van der Waals surface area contributed by atoms with E-state index in [-0.39, 0.29) is 31.2 Å². The first kappa shape index (κ1) is 15.3. The Morgan fingerprint density at radius 3 is 3.00 bits per heavy atom. The summed E-state index contributed by atoms with van der Waals surface area (Å²) in [6, 6.07) is 6.01. The van der Waals surface area contributed by atoms with Crippen molar-refractivity contribution in [1.29, 1.82) is 0 Å². The van der Waals surface area contributed by atoms with E-state index in [0.717, 1.165) is 51.8 Å². The van der Waals surface area contributed by atoms with Crippen LogP contribution in [0.2, 0.25) is 0 Å². The number of aromatic amines is 1. The van der Waals surface area contributed by atoms with Gasteiger partial charge in [0.25, 0.3) is 0 Å². The number of nitrogens with one attached hydrogen (secondary N) is 2. The fourth-order valence-corrected chi connectivity index (χ4v) is 4.16. The molecule has 134 valence electrons. The van der Waals surface area contributed by atoms with Gasteiger partial charge in [-0.2, -0.15) is 5.10 Å². The fraction of sp³-hybridized carbons (Fsp3) is 0.368. The number of carbonyl (C=O) groups excluding carboxylic acids is 1. The summed E-state index contributed by atoms with van der Waals surface area (Å²) < 4.78 is 16.2. The molecule has 4 heterocycles. The number of benzene rings is 1. The van der Waals surface area contributed by atoms with Crippen molar-refractivity contribution < 1.29 is 19.0 Å². The third-order valence-corrected chi connectivity index (χ3v) is 5.34. The van der Waals surface area contributed by atoms with Gasteiger partial charge in [-0.1, -0.05) is 13.0 Å². The van der Waals surface area contributed by atoms with Crippen LogP contribution < -0.4 is 14.8 Å². The normalized spacial score (nSPS) is 21.2. The van der Waals surface area contributed by atoms with Gasteiger partial charge in [-0.3, -0.25) is 5.10 Å². The van der Waals surface area contributed by atoms with Gasteiger partial charge in [0, 0.05) is 17.2 Å². The van der Waals surface area contributed by atoms with Gasteiger partial charge in [0.1, 0.15) is 6.61 Å². The predicted molar refractivity (Wildman–Crippen MR) is 93.1 cm³/mol. The van der Waals surface area contributed by atoms with E-state index in [2.05, 4.69) is 28.5 Å². The number of hydrogen-bond donors (Lipinski definition) is 2. The summed E-state index contributed by atoms with van der Waals surface area (Å²) >= 11 is 0. The molecule has 0 spiro atoms. The van der Waals surface area contributed by atoms with Crippen LogP contribution in [0, 0.1) is 12.8 Å². The Bertz CT molecular complexity index is 946. The quantitative estimate of drug-likeness (QED) is 0.825. The van der Waals surface area contributed by atoms with Gasteiger partial charge in [0.2, 0.25) is 6.79 Å². The van der Waals surface area contributed by atoms with Crippen molar-refractivity contribution in [1.82, 2.24) is 10.2 Å². The highest BCUT2D eigenvalue weighted by Gasteiger charge is 2.42. The summed E-state index contributed by atoms with van der Waals surface area (Å²) in [5.74, 6) is 2.24. The third-order valence-electron chi connectivity index (χ3n) is 5.34. The average molecular weight is 353 g/mol. The Labute approximate surface area is 150 Å². The van der Waals surface area contributed by atoms with Crippen molar-refractivity contribution in [2.45, 2.75) is 26.2 Å². The van der Waals surface area contributed by atoms with E-state index in [0.29, 0.717) is 0 Å². The molecule has 0 unspecified atom stereocenters. The summed E-state index contributed by atoms with van der Waals surface area (Å²) in [6.07, 6.45) is 0.801. The Kier molecular flexibility index (Phi) is 3.25. The first-order valence-corrected chi connectivity index (χ1v) is 8.72. The lowest BCUT2D eigenvalue weighted by Gasteiger charge is -2.29. The summed E-state index contributed by atoms with van der Waals surface area (Å²) in [4.78, 5) is 12.4. The molecule has 0 fully saturated rings. The van der Waals surface area contributed by atoms with E-state index in [1.807, 2.05) is 19.1 Å². The van der Waals surface area contributed by atoms with Crippen molar-refractivity contribution in [2.75, 3.05) is 18.7 Å². The first-order valence-electron chi connectivity index (χ1n) is 8.72. The van der Waals surface area contributed by atoms with Crippen LogP contribution in [-0.4, -0.2) is 29.6 Å². The first-order chi connectivity index (χ1) is 12.6. The highest BCUT2D eigenvalue weighted by atomic mass is 16.7. The van der Waals surface area contributed by atoms with Crippen LogP contribution in [0.15, 0.2) is 29.5 Å². The zero-order valence-corrected chi connectivity index (χ0v) is 14.6. The molecule has 2 atom stereocenters. The summed E-state index contributed by atoms with van der Waals surface area (Å²) in [5.41, 5.74) is 4.74.